The predicted molar refractivity (Wildman–Crippen MR) is 83.6 cm³/mol. The number of ketones is 1. The van der Waals surface area contributed by atoms with E-state index in [-0.39, 0.29) is 5.78 Å². The first-order chi connectivity index (χ1) is 9.35. The largest absolute Gasteiger partial charge is 0.485 e. The van der Waals surface area contributed by atoms with Crippen LogP contribution in [0.25, 0.3) is 0 Å². The fourth-order valence-corrected chi connectivity index (χ4v) is 2.59. The zero-order chi connectivity index (χ0) is 14.8. The van der Waals surface area contributed by atoms with Crippen LogP contribution >= 0.6 is 15.9 Å². The van der Waals surface area contributed by atoms with Gasteiger partial charge in [0, 0.05) is 23.7 Å². The van der Waals surface area contributed by atoms with Gasteiger partial charge in [-0.15, -0.1) is 0 Å². The number of nitrogens with zero attached hydrogens (tertiary/aromatic N) is 1. The lowest BCUT2D eigenvalue weighted by molar-refractivity contribution is -0.122. The lowest BCUT2D eigenvalue weighted by Gasteiger charge is -2.26. The molecule has 1 heterocycles. The van der Waals surface area contributed by atoms with E-state index >= 15 is 0 Å². The summed E-state index contributed by atoms with van der Waals surface area (Å²) in [5, 5.41) is 0. The van der Waals surface area contributed by atoms with Crippen molar-refractivity contribution < 1.29 is 9.53 Å². The van der Waals surface area contributed by atoms with Crippen molar-refractivity contribution in [1.29, 1.82) is 0 Å². The first-order valence-corrected chi connectivity index (χ1v) is 7.48. The minimum atomic E-state index is -0.547. The van der Waals surface area contributed by atoms with Gasteiger partial charge in [-0.2, -0.15) is 0 Å². The smallest absolute Gasteiger partial charge is 0.145 e. The lowest BCUT2D eigenvalue weighted by Crippen LogP contribution is -2.31. The Balaban J connectivity index is 2.42. The summed E-state index contributed by atoms with van der Waals surface area (Å²) in [6.07, 6.45) is 2.26. The van der Waals surface area contributed by atoms with Crippen LogP contribution in [0.2, 0.25) is 0 Å². The summed E-state index contributed by atoms with van der Waals surface area (Å²) in [6.45, 7) is 3.84. The molecule has 0 saturated carbocycles. The number of carbonyl (C=O) groups is 1. The number of benzene rings is 1. The second kappa shape index (κ2) is 5.95. The molecule has 0 amide bonds. The van der Waals surface area contributed by atoms with Gasteiger partial charge in [0.2, 0.25) is 0 Å². The number of rotatable bonds is 0. The normalized spacial score (nSPS) is 19.4. The molecule has 0 aromatic heterocycles. The molecular formula is C15H19BrN2O2. The highest BCUT2D eigenvalue weighted by Gasteiger charge is 2.25. The predicted octanol–water partition coefficient (Wildman–Crippen LogP) is 3.74. The number of aliphatic imine (C=N–C) groups is 1. The number of fused-ring (bicyclic) bond motifs is 1. The monoisotopic (exact) mass is 338 g/mol. The molecule has 5 heteroatoms. The number of Topliss-reactive ketones (excluding diaryl/α,β-unsaturated/α-hetero) is 1. The van der Waals surface area contributed by atoms with Crippen molar-refractivity contribution >= 4 is 33.2 Å². The Labute approximate surface area is 127 Å². The van der Waals surface area contributed by atoms with Crippen LogP contribution in [0.1, 0.15) is 39.5 Å². The SMILES string of the molecule is CC1(C)CC(=O)CCCC(N)=Nc2cc(Br)ccc2O1. The van der Waals surface area contributed by atoms with Crippen molar-refractivity contribution in [1.82, 2.24) is 0 Å². The molecule has 0 aliphatic carbocycles. The van der Waals surface area contributed by atoms with E-state index in [1.54, 1.807) is 0 Å². The Morgan fingerprint density at radius 1 is 1.35 bits per heavy atom. The molecule has 0 radical (unpaired) electrons. The van der Waals surface area contributed by atoms with Gasteiger partial charge in [0.25, 0.3) is 0 Å². The molecule has 4 nitrogen and oxygen atoms in total. The zero-order valence-corrected chi connectivity index (χ0v) is 13.4. The summed E-state index contributed by atoms with van der Waals surface area (Å²) in [4.78, 5) is 16.4. The topological polar surface area (TPSA) is 64.7 Å². The standard InChI is InChI=1S/C15H19BrN2O2/c1-15(2)9-11(19)4-3-5-14(17)18-12-8-10(16)6-7-13(12)20-15/h6-8H,3-5,9H2,1-2H3,(H2,17,18). The quantitative estimate of drug-likeness (QED) is 0.783. The molecule has 0 spiro atoms. The lowest BCUT2D eigenvalue weighted by atomic mass is 9.98. The van der Waals surface area contributed by atoms with Crippen molar-refractivity contribution in [2.24, 2.45) is 10.7 Å². The van der Waals surface area contributed by atoms with E-state index < -0.39 is 5.60 Å². The average molecular weight is 339 g/mol. The highest BCUT2D eigenvalue weighted by Crippen LogP contribution is 2.34. The van der Waals surface area contributed by atoms with Crippen molar-refractivity contribution in [2.45, 2.75) is 45.1 Å². The van der Waals surface area contributed by atoms with Crippen LogP contribution in [0.5, 0.6) is 5.75 Å². The maximum absolute atomic E-state index is 11.9. The van der Waals surface area contributed by atoms with Crippen LogP contribution in [0.15, 0.2) is 27.7 Å². The fraction of sp³-hybridized carbons (Fsp3) is 0.467. The third-order valence-electron chi connectivity index (χ3n) is 3.08. The van der Waals surface area contributed by atoms with Gasteiger partial charge >= 0.3 is 0 Å². The number of halogens is 1. The second-order valence-corrected chi connectivity index (χ2v) is 6.56. The number of hydrogen-bond acceptors (Lipinski definition) is 4. The van der Waals surface area contributed by atoms with Gasteiger partial charge in [-0.25, -0.2) is 4.99 Å². The van der Waals surface area contributed by atoms with Gasteiger partial charge in [-0.05, 0) is 38.5 Å². The van der Waals surface area contributed by atoms with E-state index in [4.69, 9.17) is 10.5 Å². The molecule has 0 bridgehead atoms. The Morgan fingerprint density at radius 3 is 2.85 bits per heavy atom. The van der Waals surface area contributed by atoms with Crippen molar-refractivity contribution in [2.75, 3.05) is 0 Å². The minimum absolute atomic E-state index is 0.198. The zero-order valence-electron chi connectivity index (χ0n) is 11.8. The van der Waals surface area contributed by atoms with E-state index in [2.05, 4.69) is 20.9 Å². The fourth-order valence-electron chi connectivity index (χ4n) is 2.24. The molecule has 1 aliphatic rings. The van der Waals surface area contributed by atoms with Crippen LogP contribution in [-0.4, -0.2) is 17.2 Å². The maximum Gasteiger partial charge on any atom is 0.145 e. The maximum atomic E-state index is 11.9. The molecule has 1 aromatic rings. The van der Waals surface area contributed by atoms with Gasteiger partial charge in [0.05, 0.1) is 5.84 Å². The van der Waals surface area contributed by atoms with Gasteiger partial charge in [0.1, 0.15) is 22.8 Å². The van der Waals surface area contributed by atoms with Gasteiger partial charge in [-0.1, -0.05) is 15.9 Å². The van der Waals surface area contributed by atoms with E-state index in [1.165, 1.54) is 0 Å². The molecule has 0 atom stereocenters. The summed E-state index contributed by atoms with van der Waals surface area (Å²) >= 11 is 3.42. The summed E-state index contributed by atoms with van der Waals surface area (Å²) in [7, 11) is 0. The van der Waals surface area contributed by atoms with Crippen molar-refractivity contribution in [3.63, 3.8) is 0 Å². The van der Waals surface area contributed by atoms with Crippen molar-refractivity contribution in [3.8, 4) is 5.75 Å². The molecule has 0 unspecified atom stereocenters. The number of carbonyl (C=O) groups excluding carboxylic acids is 1. The van der Waals surface area contributed by atoms with Crippen LogP contribution in [0, 0.1) is 0 Å². The minimum Gasteiger partial charge on any atom is -0.485 e. The van der Waals surface area contributed by atoms with Crippen LogP contribution in [0.3, 0.4) is 0 Å². The molecule has 0 saturated heterocycles. The Kier molecular flexibility index (Phi) is 4.48. The number of hydrogen-bond donors (Lipinski definition) is 1. The van der Waals surface area contributed by atoms with Crippen LogP contribution < -0.4 is 10.5 Å². The molecule has 2 N–H and O–H groups in total. The first-order valence-electron chi connectivity index (χ1n) is 6.69. The molecule has 1 aromatic carbocycles. The average Bonchev–Trinajstić information content (AvgIpc) is 2.32. The highest BCUT2D eigenvalue weighted by atomic mass is 79.9. The Morgan fingerprint density at radius 2 is 2.10 bits per heavy atom. The first kappa shape index (κ1) is 15.0. The molecule has 1 aliphatic heterocycles. The molecule has 108 valence electrons. The third-order valence-corrected chi connectivity index (χ3v) is 3.58. The number of ether oxygens (including phenoxy) is 1. The molecule has 2 rings (SSSR count). The molecular weight excluding hydrogens is 320 g/mol. The summed E-state index contributed by atoms with van der Waals surface area (Å²) in [5.41, 5.74) is 6.07. The molecule has 20 heavy (non-hydrogen) atoms. The summed E-state index contributed by atoms with van der Waals surface area (Å²) in [5.74, 6) is 1.37. The van der Waals surface area contributed by atoms with E-state index in [1.807, 2.05) is 32.0 Å². The van der Waals surface area contributed by atoms with E-state index in [0.717, 1.165) is 10.9 Å². The summed E-state index contributed by atoms with van der Waals surface area (Å²) in [6, 6.07) is 5.61. The van der Waals surface area contributed by atoms with Gasteiger partial charge in [0.15, 0.2) is 0 Å². The number of amidine groups is 1. The van der Waals surface area contributed by atoms with Gasteiger partial charge < -0.3 is 10.5 Å². The Hall–Kier alpha value is -1.36. The second-order valence-electron chi connectivity index (χ2n) is 5.65. The number of nitrogens with two attached hydrogens (primary N) is 1. The van der Waals surface area contributed by atoms with Crippen LogP contribution in [-0.2, 0) is 4.79 Å². The van der Waals surface area contributed by atoms with E-state index in [0.29, 0.717) is 36.5 Å². The third kappa shape index (κ3) is 4.07. The summed E-state index contributed by atoms with van der Waals surface area (Å²) < 4.78 is 6.90. The van der Waals surface area contributed by atoms with Crippen LogP contribution in [0.4, 0.5) is 5.69 Å². The van der Waals surface area contributed by atoms with Crippen molar-refractivity contribution in [3.05, 3.63) is 22.7 Å². The van der Waals surface area contributed by atoms with Gasteiger partial charge in [-0.3, -0.25) is 4.79 Å². The van der Waals surface area contributed by atoms with E-state index in [9.17, 15) is 4.79 Å². The Bertz CT molecular complexity index is 553. The molecule has 0 fully saturated rings. The highest BCUT2D eigenvalue weighted by molar-refractivity contribution is 9.10.